The van der Waals surface area contributed by atoms with E-state index >= 15 is 0 Å². The highest BCUT2D eigenvalue weighted by molar-refractivity contribution is 6.05. The Labute approximate surface area is 318 Å². The molecule has 2 fully saturated rings. The summed E-state index contributed by atoms with van der Waals surface area (Å²) in [5.41, 5.74) is 8.17. The Bertz CT molecular complexity index is 1890. The number of piperidine rings is 2. The lowest BCUT2D eigenvalue weighted by molar-refractivity contribution is -0.136. The van der Waals surface area contributed by atoms with E-state index in [1.165, 1.54) is 5.57 Å². The summed E-state index contributed by atoms with van der Waals surface area (Å²) in [7, 11) is 0. The maximum absolute atomic E-state index is 13.0. The van der Waals surface area contributed by atoms with Gasteiger partial charge in [-0.05, 0) is 102 Å². The first kappa shape index (κ1) is 38.5. The van der Waals surface area contributed by atoms with Gasteiger partial charge in [0.25, 0.3) is 5.91 Å². The molecule has 282 valence electrons. The van der Waals surface area contributed by atoms with Crippen LogP contribution in [-0.4, -0.2) is 77.6 Å². The fourth-order valence-electron chi connectivity index (χ4n) is 7.70. The number of rotatable bonds is 16. The Kier molecular flexibility index (Phi) is 13.3. The monoisotopic (exact) mass is 729 g/mol. The summed E-state index contributed by atoms with van der Waals surface area (Å²) < 4.78 is 12.4. The normalized spacial score (nSPS) is 18.8. The van der Waals surface area contributed by atoms with E-state index in [-0.39, 0.29) is 30.2 Å². The second-order valence-corrected chi connectivity index (χ2v) is 14.0. The van der Waals surface area contributed by atoms with Crippen LogP contribution in [0.3, 0.4) is 0 Å². The molecule has 0 aromatic heterocycles. The smallest absolute Gasteiger partial charge is 0.255 e. The van der Waals surface area contributed by atoms with Crippen LogP contribution in [0.25, 0.3) is 11.1 Å². The van der Waals surface area contributed by atoms with Gasteiger partial charge >= 0.3 is 0 Å². The summed E-state index contributed by atoms with van der Waals surface area (Å²) in [6.07, 6.45) is 11.8. The number of carbonyl (C=O) groups is 3. The number of ether oxygens (including phenoxy) is 2. The van der Waals surface area contributed by atoms with Gasteiger partial charge in [0, 0.05) is 44.8 Å². The van der Waals surface area contributed by atoms with Crippen LogP contribution in [0.2, 0.25) is 0 Å². The summed E-state index contributed by atoms with van der Waals surface area (Å²) in [6.45, 7) is 10.7. The quantitative estimate of drug-likeness (QED) is 0.0519. The molecule has 1 unspecified atom stereocenters. The third-order valence-corrected chi connectivity index (χ3v) is 10.6. The van der Waals surface area contributed by atoms with Crippen LogP contribution in [0.15, 0.2) is 109 Å². The third kappa shape index (κ3) is 9.45. The number of fused-ring (bicyclic) bond motifs is 1. The molecule has 0 saturated carbocycles. The third-order valence-electron chi connectivity index (χ3n) is 10.6. The Hall–Kier alpha value is -5.25. The lowest BCUT2D eigenvalue weighted by Gasteiger charge is -2.31. The SMILES string of the molecule is C=CC(=C\C=C\O)/C(=C(\CC)c1ccccc1)c1ccc(OCCN2CCC(OCCCc3ccc4c(c3)CN(C3CCC(=O)NC3=O)C4=O)CC2)cc1. The van der Waals surface area contributed by atoms with E-state index in [2.05, 4.69) is 54.1 Å². The van der Waals surface area contributed by atoms with Gasteiger partial charge in [-0.2, -0.15) is 0 Å². The molecule has 0 radical (unpaired) electrons. The molecular formula is C45H51N3O6. The second-order valence-electron chi connectivity index (χ2n) is 14.0. The van der Waals surface area contributed by atoms with Crippen molar-refractivity contribution >= 4 is 28.9 Å². The van der Waals surface area contributed by atoms with Crippen molar-refractivity contribution in [1.29, 1.82) is 0 Å². The molecule has 1 atom stereocenters. The lowest BCUT2D eigenvalue weighted by atomic mass is 9.87. The van der Waals surface area contributed by atoms with Crippen LogP contribution < -0.4 is 10.1 Å². The Morgan fingerprint density at radius 2 is 1.74 bits per heavy atom. The summed E-state index contributed by atoms with van der Waals surface area (Å²) >= 11 is 0. The highest BCUT2D eigenvalue weighted by Gasteiger charge is 2.39. The van der Waals surface area contributed by atoms with Gasteiger partial charge in [0.05, 0.1) is 12.4 Å². The summed E-state index contributed by atoms with van der Waals surface area (Å²) in [5.74, 6) is 0.0233. The number of carbonyl (C=O) groups excluding carboxylic acids is 3. The highest BCUT2D eigenvalue weighted by atomic mass is 16.5. The lowest BCUT2D eigenvalue weighted by Crippen LogP contribution is -2.52. The predicted octanol–water partition coefficient (Wildman–Crippen LogP) is 7.45. The van der Waals surface area contributed by atoms with Crippen LogP contribution in [-0.2, 0) is 27.3 Å². The van der Waals surface area contributed by atoms with Gasteiger partial charge in [-0.15, -0.1) is 0 Å². The van der Waals surface area contributed by atoms with Crippen molar-refractivity contribution in [2.24, 2.45) is 0 Å². The van der Waals surface area contributed by atoms with Crippen molar-refractivity contribution in [1.82, 2.24) is 15.1 Å². The average Bonchev–Trinajstić information content (AvgIpc) is 3.52. The largest absolute Gasteiger partial charge is 0.516 e. The van der Waals surface area contributed by atoms with Gasteiger partial charge < -0.3 is 19.5 Å². The predicted molar refractivity (Wildman–Crippen MR) is 212 cm³/mol. The molecule has 2 saturated heterocycles. The van der Waals surface area contributed by atoms with Gasteiger partial charge in [0.1, 0.15) is 18.4 Å². The zero-order valence-electron chi connectivity index (χ0n) is 31.2. The fraction of sp³-hybridized carbons (Fsp3) is 0.356. The maximum atomic E-state index is 13.0. The highest BCUT2D eigenvalue weighted by Crippen LogP contribution is 2.36. The van der Waals surface area contributed by atoms with E-state index in [1.54, 1.807) is 11.0 Å². The number of amides is 3. The molecule has 0 aliphatic carbocycles. The van der Waals surface area contributed by atoms with Crippen LogP contribution in [0.4, 0.5) is 0 Å². The van der Waals surface area contributed by atoms with E-state index < -0.39 is 6.04 Å². The maximum Gasteiger partial charge on any atom is 0.255 e. The second kappa shape index (κ2) is 18.7. The van der Waals surface area contributed by atoms with Crippen molar-refractivity contribution in [2.45, 2.75) is 70.6 Å². The number of aliphatic hydroxyl groups is 1. The number of hydrogen-bond acceptors (Lipinski definition) is 7. The Morgan fingerprint density at radius 1 is 0.963 bits per heavy atom. The molecule has 54 heavy (non-hydrogen) atoms. The van der Waals surface area contributed by atoms with Gasteiger partial charge in [-0.25, -0.2) is 0 Å². The van der Waals surface area contributed by atoms with Crippen LogP contribution in [0.1, 0.15) is 78.1 Å². The van der Waals surface area contributed by atoms with Gasteiger partial charge in [-0.1, -0.05) is 80.3 Å². The van der Waals surface area contributed by atoms with Crippen LogP contribution >= 0.6 is 0 Å². The minimum Gasteiger partial charge on any atom is -0.516 e. The number of hydrogen-bond donors (Lipinski definition) is 2. The van der Waals surface area contributed by atoms with E-state index in [4.69, 9.17) is 9.47 Å². The van der Waals surface area contributed by atoms with Crippen LogP contribution in [0, 0.1) is 0 Å². The first-order valence-corrected chi connectivity index (χ1v) is 19.1. The van der Waals surface area contributed by atoms with Gasteiger partial charge in [-0.3, -0.25) is 24.6 Å². The number of nitrogens with zero attached hydrogens (tertiary/aromatic N) is 2. The average molecular weight is 730 g/mol. The topological polar surface area (TPSA) is 108 Å². The molecular weight excluding hydrogens is 679 g/mol. The summed E-state index contributed by atoms with van der Waals surface area (Å²) in [5, 5.41) is 11.7. The minimum absolute atomic E-state index is 0.141. The molecule has 9 nitrogen and oxygen atoms in total. The van der Waals surface area contributed by atoms with Crippen molar-refractivity contribution in [3.8, 4) is 5.75 Å². The van der Waals surface area contributed by atoms with Crippen molar-refractivity contribution in [2.75, 3.05) is 32.8 Å². The number of nitrogens with one attached hydrogen (secondary N) is 1. The molecule has 0 bridgehead atoms. The number of allylic oxidation sites excluding steroid dienone is 6. The molecule has 3 aliphatic rings. The van der Waals surface area contributed by atoms with E-state index in [0.29, 0.717) is 31.7 Å². The Morgan fingerprint density at radius 3 is 2.44 bits per heavy atom. The number of likely N-dealkylation sites (tertiary alicyclic amines) is 1. The first-order chi connectivity index (χ1) is 26.4. The molecule has 3 amide bonds. The minimum atomic E-state index is -0.594. The first-order valence-electron chi connectivity index (χ1n) is 19.1. The zero-order valence-corrected chi connectivity index (χ0v) is 31.2. The van der Waals surface area contributed by atoms with Crippen molar-refractivity contribution < 1.29 is 29.0 Å². The molecule has 3 heterocycles. The summed E-state index contributed by atoms with van der Waals surface area (Å²) in [4.78, 5) is 40.9. The van der Waals surface area contributed by atoms with Gasteiger partial charge in [0.2, 0.25) is 11.8 Å². The van der Waals surface area contributed by atoms with E-state index in [9.17, 15) is 19.5 Å². The van der Waals surface area contributed by atoms with Crippen molar-refractivity contribution in [3.05, 3.63) is 137 Å². The molecule has 3 aliphatic heterocycles. The molecule has 3 aromatic rings. The molecule has 2 N–H and O–H groups in total. The zero-order chi connectivity index (χ0) is 37.9. The van der Waals surface area contributed by atoms with E-state index in [1.807, 2.05) is 54.6 Å². The number of imide groups is 1. The molecule has 6 rings (SSSR count). The molecule has 0 spiro atoms. The molecule has 9 heteroatoms. The standard InChI is InChI=1S/C45H51N3O6/c1-3-33(13-8-27-49)43(39(4-2)34-11-6-5-7-12-34)35-15-17-37(18-16-35)54-29-26-47-24-22-38(23-25-47)53-28-9-10-32-14-19-40-36(30-32)31-48(45(40)52)41-20-21-42(50)46-44(41)51/h3,5-8,11-19,27,30,38,41,49H,1,4,9-10,20-26,28-29,31H2,2H3,(H,46,50,51)/b27-8+,33-13+,43-39-. The molecule has 3 aromatic carbocycles. The van der Waals surface area contributed by atoms with Gasteiger partial charge in [0.15, 0.2) is 0 Å². The number of aliphatic hydroxyl groups excluding tert-OH is 1. The number of aryl methyl sites for hydroxylation is 1. The van der Waals surface area contributed by atoms with E-state index in [0.717, 1.165) is 97.1 Å². The summed E-state index contributed by atoms with van der Waals surface area (Å²) in [6, 6.07) is 23.9. The van der Waals surface area contributed by atoms with Crippen molar-refractivity contribution in [3.63, 3.8) is 0 Å². The number of benzene rings is 3. The van der Waals surface area contributed by atoms with Crippen LogP contribution in [0.5, 0.6) is 5.75 Å². The fourth-order valence-corrected chi connectivity index (χ4v) is 7.70. The Balaban J connectivity index is 0.923.